The number of sulfonamides is 1. The van der Waals surface area contributed by atoms with Crippen molar-refractivity contribution in [2.24, 2.45) is 5.14 Å². The molecule has 1 aromatic heterocycles. The van der Waals surface area contributed by atoms with Gasteiger partial charge < -0.3 is 5.32 Å². The van der Waals surface area contributed by atoms with Crippen LogP contribution in [0.5, 0.6) is 0 Å². The van der Waals surface area contributed by atoms with E-state index in [4.69, 9.17) is 5.14 Å². The minimum Gasteiger partial charge on any atom is -0.319 e. The van der Waals surface area contributed by atoms with Gasteiger partial charge in [0.15, 0.2) is 0 Å². The fraction of sp³-hybridized carbons (Fsp3) is 0. The van der Waals surface area contributed by atoms with Gasteiger partial charge in [-0.2, -0.15) is 0 Å². The first-order chi connectivity index (χ1) is 9.77. The van der Waals surface area contributed by atoms with Gasteiger partial charge >= 0.3 is 0 Å². The first-order valence-corrected chi connectivity index (χ1v) is 7.07. The Kier molecular flexibility index (Phi) is 3.96. The van der Waals surface area contributed by atoms with Crippen LogP contribution in [0.25, 0.3) is 0 Å². The molecule has 21 heavy (non-hydrogen) atoms. The number of benzene rings is 1. The van der Waals surface area contributed by atoms with Crippen LogP contribution in [0.2, 0.25) is 0 Å². The summed E-state index contributed by atoms with van der Waals surface area (Å²) in [6.45, 7) is 0. The highest BCUT2D eigenvalue weighted by Crippen LogP contribution is 2.21. The molecule has 0 aliphatic rings. The molecule has 6 nitrogen and oxygen atoms in total. The Morgan fingerprint density at radius 1 is 1.14 bits per heavy atom. The lowest BCUT2D eigenvalue weighted by Crippen LogP contribution is -2.19. The van der Waals surface area contributed by atoms with Crippen molar-refractivity contribution in [3.63, 3.8) is 0 Å². The van der Waals surface area contributed by atoms with Gasteiger partial charge in [-0.3, -0.25) is 4.79 Å². The summed E-state index contributed by atoms with van der Waals surface area (Å²) in [7, 11) is -4.15. The highest BCUT2D eigenvalue weighted by atomic mass is 32.2. The number of primary sulfonamides is 1. The lowest BCUT2D eigenvalue weighted by molar-refractivity contribution is 0.102. The van der Waals surface area contributed by atoms with Crippen LogP contribution in [-0.2, 0) is 10.0 Å². The second-order valence-corrected chi connectivity index (χ2v) is 5.53. The number of rotatable bonds is 3. The third-order valence-electron chi connectivity index (χ3n) is 2.46. The minimum atomic E-state index is -4.15. The minimum absolute atomic E-state index is 0.166. The molecule has 2 rings (SSSR count). The molecule has 9 heteroatoms. The van der Waals surface area contributed by atoms with E-state index in [0.717, 1.165) is 36.5 Å². The van der Waals surface area contributed by atoms with Gasteiger partial charge in [0.2, 0.25) is 10.0 Å². The number of nitrogens with two attached hydrogens (primary N) is 1. The number of aromatic nitrogens is 1. The van der Waals surface area contributed by atoms with Crippen molar-refractivity contribution in [1.82, 2.24) is 4.98 Å². The van der Waals surface area contributed by atoms with Crippen LogP contribution in [0.1, 0.15) is 10.5 Å². The maximum Gasteiger partial charge on any atom is 0.274 e. The fourth-order valence-corrected chi connectivity index (χ4v) is 2.22. The van der Waals surface area contributed by atoms with Crippen LogP contribution in [0, 0.1) is 11.6 Å². The van der Waals surface area contributed by atoms with Gasteiger partial charge in [0, 0.05) is 0 Å². The van der Waals surface area contributed by atoms with Gasteiger partial charge in [0.25, 0.3) is 5.91 Å². The predicted molar refractivity (Wildman–Crippen MR) is 69.9 cm³/mol. The van der Waals surface area contributed by atoms with Crippen LogP contribution in [-0.4, -0.2) is 19.3 Å². The Morgan fingerprint density at radius 2 is 1.81 bits per heavy atom. The number of amides is 1. The smallest absolute Gasteiger partial charge is 0.274 e. The molecule has 0 atom stereocenters. The Labute approximate surface area is 118 Å². The Morgan fingerprint density at radius 3 is 2.38 bits per heavy atom. The molecule has 0 aliphatic carbocycles. The quantitative estimate of drug-likeness (QED) is 0.890. The maximum atomic E-state index is 13.2. The largest absolute Gasteiger partial charge is 0.319 e. The van der Waals surface area contributed by atoms with Gasteiger partial charge in [0.1, 0.15) is 22.2 Å². The first kappa shape index (κ1) is 15.0. The summed E-state index contributed by atoms with van der Waals surface area (Å²) >= 11 is 0. The number of nitrogens with one attached hydrogen (secondary N) is 1. The predicted octanol–water partition coefficient (Wildman–Crippen LogP) is 1.26. The molecule has 0 spiro atoms. The monoisotopic (exact) mass is 313 g/mol. The number of anilines is 1. The first-order valence-electron chi connectivity index (χ1n) is 5.52. The van der Waals surface area contributed by atoms with Crippen LogP contribution < -0.4 is 10.5 Å². The van der Waals surface area contributed by atoms with E-state index in [1.807, 2.05) is 0 Å². The topological polar surface area (TPSA) is 102 Å². The molecule has 0 unspecified atom stereocenters. The summed E-state index contributed by atoms with van der Waals surface area (Å²) in [6, 6.07) is 4.74. The molecular formula is C12H9F2N3O3S. The molecule has 0 saturated carbocycles. The zero-order chi connectivity index (χ0) is 15.6. The summed E-state index contributed by atoms with van der Waals surface area (Å²) < 4.78 is 48.6. The number of nitrogens with zero attached hydrogens (tertiary/aromatic N) is 1. The summed E-state index contributed by atoms with van der Waals surface area (Å²) in [6.07, 6.45) is 0.821. The van der Waals surface area contributed by atoms with Crippen molar-refractivity contribution < 1.29 is 22.0 Å². The molecule has 0 radical (unpaired) electrons. The molecule has 1 heterocycles. The number of hydrogen-bond acceptors (Lipinski definition) is 4. The number of hydrogen-bond donors (Lipinski definition) is 2. The molecule has 1 aromatic carbocycles. The Bertz CT molecular complexity index is 792. The van der Waals surface area contributed by atoms with Gasteiger partial charge in [0.05, 0.1) is 11.9 Å². The third kappa shape index (κ3) is 3.58. The maximum absolute atomic E-state index is 13.2. The number of halogens is 2. The van der Waals surface area contributed by atoms with Gasteiger partial charge in [-0.05, 0) is 30.3 Å². The van der Waals surface area contributed by atoms with E-state index < -0.39 is 32.5 Å². The number of carbonyl (C=O) groups is 1. The van der Waals surface area contributed by atoms with E-state index in [-0.39, 0.29) is 11.4 Å². The van der Waals surface area contributed by atoms with Gasteiger partial charge in [-0.1, -0.05) is 0 Å². The van der Waals surface area contributed by atoms with Crippen molar-refractivity contribution in [2.75, 3.05) is 5.32 Å². The molecule has 110 valence electrons. The molecule has 0 fully saturated rings. The molecule has 0 bridgehead atoms. The van der Waals surface area contributed by atoms with Gasteiger partial charge in [-0.25, -0.2) is 27.3 Å². The van der Waals surface area contributed by atoms with E-state index >= 15 is 0 Å². The highest BCUT2D eigenvalue weighted by molar-refractivity contribution is 7.89. The Balaban J connectivity index is 2.37. The van der Waals surface area contributed by atoms with E-state index in [0.29, 0.717) is 0 Å². The van der Waals surface area contributed by atoms with Crippen LogP contribution in [0.15, 0.2) is 41.4 Å². The molecule has 3 N–H and O–H groups in total. The van der Waals surface area contributed by atoms with Crippen molar-refractivity contribution in [3.05, 3.63) is 53.9 Å². The standard InChI is InChI=1S/C12H9F2N3O3S/c13-7-2-4-11(21(15,19)20)10(5-7)17-12(18)9-3-1-8(14)6-16-9/h1-6H,(H,17,18)(H2,15,19,20). The molecule has 1 amide bonds. The van der Waals surface area contributed by atoms with Crippen molar-refractivity contribution >= 4 is 21.6 Å². The summed E-state index contributed by atoms with van der Waals surface area (Å²) in [5.41, 5.74) is -0.491. The zero-order valence-electron chi connectivity index (χ0n) is 10.4. The lowest BCUT2D eigenvalue weighted by atomic mass is 10.3. The van der Waals surface area contributed by atoms with Crippen molar-refractivity contribution in [2.45, 2.75) is 4.90 Å². The second kappa shape index (κ2) is 5.54. The van der Waals surface area contributed by atoms with Crippen LogP contribution in [0.4, 0.5) is 14.5 Å². The lowest BCUT2D eigenvalue weighted by Gasteiger charge is -2.09. The molecular weight excluding hydrogens is 304 g/mol. The summed E-state index contributed by atoms with van der Waals surface area (Å²) in [5.74, 6) is -2.22. The second-order valence-electron chi connectivity index (χ2n) is 4.00. The molecule has 0 aliphatic heterocycles. The van der Waals surface area contributed by atoms with Crippen LogP contribution in [0.3, 0.4) is 0 Å². The number of carbonyl (C=O) groups excluding carboxylic acids is 1. The van der Waals surface area contributed by atoms with Crippen molar-refractivity contribution in [3.8, 4) is 0 Å². The van der Waals surface area contributed by atoms with Crippen LogP contribution >= 0.6 is 0 Å². The number of pyridine rings is 1. The Hall–Kier alpha value is -2.39. The summed E-state index contributed by atoms with van der Waals surface area (Å²) in [4.78, 5) is 14.9. The SMILES string of the molecule is NS(=O)(=O)c1ccc(F)cc1NC(=O)c1ccc(F)cn1. The molecule has 0 saturated heterocycles. The highest BCUT2D eigenvalue weighted by Gasteiger charge is 2.17. The average molecular weight is 313 g/mol. The normalized spacial score (nSPS) is 11.2. The zero-order valence-corrected chi connectivity index (χ0v) is 11.2. The van der Waals surface area contributed by atoms with E-state index in [1.165, 1.54) is 0 Å². The average Bonchev–Trinajstić information content (AvgIpc) is 2.38. The van der Waals surface area contributed by atoms with Crippen molar-refractivity contribution in [1.29, 1.82) is 0 Å². The van der Waals surface area contributed by atoms with E-state index in [1.54, 1.807) is 0 Å². The van der Waals surface area contributed by atoms with E-state index in [2.05, 4.69) is 10.3 Å². The fourth-order valence-electron chi connectivity index (χ4n) is 1.54. The van der Waals surface area contributed by atoms with E-state index in [9.17, 15) is 22.0 Å². The third-order valence-corrected chi connectivity index (χ3v) is 3.43. The van der Waals surface area contributed by atoms with Gasteiger partial charge in [-0.15, -0.1) is 0 Å². The molecule has 2 aromatic rings. The summed E-state index contributed by atoms with van der Waals surface area (Å²) in [5, 5.41) is 7.15.